The molecule has 0 atom stereocenters. The molecule has 0 spiro atoms. The molecule has 0 bridgehead atoms. The molecule has 2 rings (SSSR count). The number of carboxylic acid groups (broad SMARTS) is 1. The highest BCUT2D eigenvalue weighted by Crippen LogP contribution is 2.19. The molecule has 0 saturated heterocycles. The molecule has 0 radical (unpaired) electrons. The Morgan fingerprint density at radius 3 is 3.00 bits per heavy atom. The van der Waals surface area contributed by atoms with E-state index in [4.69, 9.17) is 16.7 Å². The molecule has 1 aromatic carbocycles. The largest absolute Gasteiger partial charge is 0.478 e. The van der Waals surface area contributed by atoms with E-state index < -0.39 is 5.97 Å². The number of H-pyrrole nitrogens is 1. The molecule has 3 nitrogen and oxygen atoms in total. The number of aromatic amines is 1. The Morgan fingerprint density at radius 2 is 2.31 bits per heavy atom. The van der Waals surface area contributed by atoms with Crippen LogP contribution in [0.2, 0.25) is 0 Å². The van der Waals surface area contributed by atoms with Crippen LogP contribution in [0.1, 0.15) is 15.9 Å². The van der Waals surface area contributed by atoms with Crippen LogP contribution in [0.3, 0.4) is 0 Å². The van der Waals surface area contributed by atoms with Crippen molar-refractivity contribution < 1.29 is 9.90 Å². The first-order valence-corrected chi connectivity index (χ1v) is 5.15. The first-order chi connectivity index (χ1) is 7.72. The molecule has 2 N–H and O–H groups in total. The molecular formula is C12H8ClNO2. The zero-order chi connectivity index (χ0) is 11.5. The van der Waals surface area contributed by atoms with Crippen LogP contribution in [0.15, 0.2) is 24.4 Å². The molecular weight excluding hydrogens is 226 g/mol. The summed E-state index contributed by atoms with van der Waals surface area (Å²) in [6.45, 7) is 0. The van der Waals surface area contributed by atoms with Crippen molar-refractivity contribution in [3.8, 4) is 11.8 Å². The number of carboxylic acids is 1. The summed E-state index contributed by atoms with van der Waals surface area (Å²) in [5.41, 5.74) is 1.80. The van der Waals surface area contributed by atoms with E-state index in [9.17, 15) is 4.79 Å². The Bertz CT molecular complexity index is 604. The van der Waals surface area contributed by atoms with E-state index in [1.165, 1.54) is 6.20 Å². The topological polar surface area (TPSA) is 53.1 Å². The predicted molar refractivity (Wildman–Crippen MR) is 62.9 cm³/mol. The fourth-order valence-corrected chi connectivity index (χ4v) is 1.58. The zero-order valence-electron chi connectivity index (χ0n) is 8.25. The van der Waals surface area contributed by atoms with Gasteiger partial charge in [0.25, 0.3) is 0 Å². The molecule has 0 aliphatic carbocycles. The Hall–Kier alpha value is -1.92. The van der Waals surface area contributed by atoms with E-state index in [2.05, 4.69) is 16.8 Å². The van der Waals surface area contributed by atoms with Gasteiger partial charge in [0.1, 0.15) is 0 Å². The Morgan fingerprint density at radius 1 is 1.50 bits per heavy atom. The van der Waals surface area contributed by atoms with Gasteiger partial charge in [-0.2, -0.15) is 0 Å². The van der Waals surface area contributed by atoms with Gasteiger partial charge in [0.2, 0.25) is 0 Å². The van der Waals surface area contributed by atoms with E-state index in [0.717, 1.165) is 11.1 Å². The second kappa shape index (κ2) is 4.30. The molecule has 0 unspecified atom stereocenters. The number of halogens is 1. The number of benzene rings is 1. The lowest BCUT2D eigenvalue weighted by Crippen LogP contribution is -1.93. The van der Waals surface area contributed by atoms with Crippen molar-refractivity contribution in [1.82, 2.24) is 4.98 Å². The van der Waals surface area contributed by atoms with Gasteiger partial charge in [0.05, 0.1) is 11.4 Å². The zero-order valence-corrected chi connectivity index (χ0v) is 9.01. The monoisotopic (exact) mass is 233 g/mol. The van der Waals surface area contributed by atoms with E-state index in [1.807, 2.05) is 6.07 Å². The maximum absolute atomic E-state index is 10.9. The number of nitrogens with one attached hydrogen (secondary N) is 1. The van der Waals surface area contributed by atoms with E-state index in [-0.39, 0.29) is 11.4 Å². The molecule has 16 heavy (non-hydrogen) atoms. The van der Waals surface area contributed by atoms with Crippen molar-refractivity contribution in [3.05, 3.63) is 35.5 Å². The van der Waals surface area contributed by atoms with Crippen molar-refractivity contribution in [2.75, 3.05) is 5.88 Å². The molecule has 0 amide bonds. The standard InChI is InChI=1S/C12H8ClNO2/c13-5-1-2-8-3-4-11-9(6-8)10(7-14-11)12(15)16/h3-4,6-7,14H,5H2,(H,15,16). The molecule has 2 aromatic rings. The van der Waals surface area contributed by atoms with Crippen molar-refractivity contribution >= 4 is 28.5 Å². The van der Waals surface area contributed by atoms with Crippen LogP contribution in [-0.4, -0.2) is 21.9 Å². The fourth-order valence-electron chi connectivity index (χ4n) is 1.51. The number of hydrogen-bond donors (Lipinski definition) is 2. The number of hydrogen-bond acceptors (Lipinski definition) is 1. The molecule has 1 aromatic heterocycles. The lowest BCUT2D eigenvalue weighted by molar-refractivity contribution is 0.0699. The highest BCUT2D eigenvalue weighted by molar-refractivity contribution is 6.19. The third kappa shape index (κ3) is 1.88. The summed E-state index contributed by atoms with van der Waals surface area (Å²) < 4.78 is 0. The Kier molecular flexibility index (Phi) is 2.84. The van der Waals surface area contributed by atoms with Gasteiger partial charge in [0, 0.05) is 22.7 Å². The minimum atomic E-state index is -0.950. The number of aromatic nitrogens is 1. The number of alkyl halides is 1. The predicted octanol–water partition coefficient (Wildman–Crippen LogP) is 2.46. The van der Waals surface area contributed by atoms with Crippen LogP contribution in [0.25, 0.3) is 10.9 Å². The average molecular weight is 234 g/mol. The van der Waals surface area contributed by atoms with Gasteiger partial charge in [-0.05, 0) is 18.2 Å². The molecule has 0 aliphatic rings. The SMILES string of the molecule is O=C(O)c1c[nH]c2ccc(C#CCCl)cc12. The third-order valence-corrected chi connectivity index (χ3v) is 2.35. The Labute approximate surface area is 97.0 Å². The lowest BCUT2D eigenvalue weighted by Gasteiger charge is -1.94. The van der Waals surface area contributed by atoms with E-state index >= 15 is 0 Å². The van der Waals surface area contributed by atoms with Crippen molar-refractivity contribution in [2.45, 2.75) is 0 Å². The van der Waals surface area contributed by atoms with Gasteiger partial charge < -0.3 is 10.1 Å². The van der Waals surface area contributed by atoms with Crippen LogP contribution in [-0.2, 0) is 0 Å². The van der Waals surface area contributed by atoms with E-state index in [0.29, 0.717) is 5.39 Å². The van der Waals surface area contributed by atoms with Crippen molar-refractivity contribution in [1.29, 1.82) is 0 Å². The number of fused-ring (bicyclic) bond motifs is 1. The summed E-state index contributed by atoms with van der Waals surface area (Å²) in [6, 6.07) is 5.37. The van der Waals surface area contributed by atoms with Gasteiger partial charge in [-0.3, -0.25) is 0 Å². The van der Waals surface area contributed by atoms with Crippen LogP contribution in [0.5, 0.6) is 0 Å². The normalized spacial score (nSPS) is 9.81. The number of rotatable bonds is 1. The third-order valence-electron chi connectivity index (χ3n) is 2.21. The van der Waals surface area contributed by atoms with Gasteiger partial charge in [-0.15, -0.1) is 11.6 Å². The van der Waals surface area contributed by atoms with Gasteiger partial charge >= 0.3 is 5.97 Å². The molecule has 0 fully saturated rings. The summed E-state index contributed by atoms with van der Waals surface area (Å²) in [5.74, 6) is 4.89. The summed E-state index contributed by atoms with van der Waals surface area (Å²) in [5, 5.41) is 9.62. The highest BCUT2D eigenvalue weighted by atomic mass is 35.5. The molecule has 4 heteroatoms. The first kappa shape index (κ1) is 10.6. The van der Waals surface area contributed by atoms with Gasteiger partial charge in [0.15, 0.2) is 0 Å². The van der Waals surface area contributed by atoms with Crippen molar-refractivity contribution in [3.63, 3.8) is 0 Å². The van der Waals surface area contributed by atoms with Gasteiger partial charge in [-0.1, -0.05) is 11.8 Å². The second-order valence-electron chi connectivity index (χ2n) is 3.20. The summed E-state index contributed by atoms with van der Waals surface area (Å²) >= 11 is 5.46. The average Bonchev–Trinajstić information content (AvgIpc) is 2.69. The molecule has 1 heterocycles. The minimum Gasteiger partial charge on any atom is -0.478 e. The number of carbonyl (C=O) groups is 1. The summed E-state index contributed by atoms with van der Waals surface area (Å²) in [7, 11) is 0. The maximum Gasteiger partial charge on any atom is 0.337 e. The van der Waals surface area contributed by atoms with Crippen LogP contribution >= 0.6 is 11.6 Å². The minimum absolute atomic E-state index is 0.254. The van der Waals surface area contributed by atoms with Crippen LogP contribution < -0.4 is 0 Å². The number of aromatic carboxylic acids is 1. The van der Waals surface area contributed by atoms with Crippen LogP contribution in [0.4, 0.5) is 0 Å². The maximum atomic E-state index is 10.9. The summed E-state index contributed by atoms with van der Waals surface area (Å²) in [4.78, 5) is 13.8. The molecule has 0 saturated carbocycles. The Balaban J connectivity index is 2.58. The highest BCUT2D eigenvalue weighted by Gasteiger charge is 2.09. The van der Waals surface area contributed by atoms with Gasteiger partial charge in [-0.25, -0.2) is 4.79 Å². The van der Waals surface area contributed by atoms with E-state index in [1.54, 1.807) is 12.1 Å². The van der Waals surface area contributed by atoms with Crippen molar-refractivity contribution in [2.24, 2.45) is 0 Å². The first-order valence-electron chi connectivity index (χ1n) is 4.61. The smallest absolute Gasteiger partial charge is 0.337 e. The quantitative estimate of drug-likeness (QED) is 0.587. The second-order valence-corrected chi connectivity index (χ2v) is 3.47. The van der Waals surface area contributed by atoms with Crippen LogP contribution in [0, 0.1) is 11.8 Å². The fraction of sp³-hybridized carbons (Fsp3) is 0.0833. The molecule has 80 valence electrons. The summed E-state index contributed by atoms with van der Waals surface area (Å²) in [6.07, 6.45) is 1.48. The lowest BCUT2D eigenvalue weighted by atomic mass is 10.1. The molecule has 0 aliphatic heterocycles.